The topological polar surface area (TPSA) is 75.8 Å². The van der Waals surface area contributed by atoms with Gasteiger partial charge in [0.15, 0.2) is 15.8 Å². The Bertz CT molecular complexity index is 376. The van der Waals surface area contributed by atoms with Gasteiger partial charge in [-0.1, -0.05) is 0 Å². The Balaban J connectivity index is 2.28. The van der Waals surface area contributed by atoms with E-state index in [1.807, 2.05) is 11.8 Å². The molecule has 0 amide bonds. The molecule has 1 spiro atoms. The van der Waals surface area contributed by atoms with Gasteiger partial charge in [0.05, 0.1) is 23.6 Å². The summed E-state index contributed by atoms with van der Waals surface area (Å²) in [6, 6.07) is 0. The third-order valence-electron chi connectivity index (χ3n) is 3.07. The van der Waals surface area contributed by atoms with Gasteiger partial charge in [-0.05, 0) is 13.3 Å². The number of rotatable bonds is 1. The summed E-state index contributed by atoms with van der Waals surface area (Å²) in [5.74, 6) is 0.967. The summed E-state index contributed by atoms with van der Waals surface area (Å²) >= 11 is 0. The highest BCUT2D eigenvalue weighted by molar-refractivity contribution is 7.91. The van der Waals surface area contributed by atoms with E-state index in [0.29, 0.717) is 18.9 Å². The van der Waals surface area contributed by atoms with Crippen LogP contribution < -0.4 is 5.73 Å². The monoisotopic (exact) mass is 217 g/mol. The zero-order chi connectivity index (χ0) is 10.4. The molecule has 0 radical (unpaired) electrons. The number of nitrogens with zero attached hydrogens (tertiary/aromatic N) is 2. The van der Waals surface area contributed by atoms with Crippen molar-refractivity contribution in [2.24, 2.45) is 10.7 Å². The molecule has 2 rings (SSSR count). The number of likely N-dealkylation sites (N-methyl/N-ethyl adjacent to an activating group) is 1. The maximum atomic E-state index is 11.4. The summed E-state index contributed by atoms with van der Waals surface area (Å²) in [4.78, 5) is 6.07. The second-order valence-electron chi connectivity index (χ2n) is 3.99. The number of guanidine groups is 1. The highest BCUT2D eigenvalue weighted by atomic mass is 32.2. The standard InChI is InChI=1S/C8H15N3O2S/c1-2-11-7(9)10-5-8(11)3-4-14(12,13)6-8/h2-6H2,1H3,(H2,9,10). The molecule has 14 heavy (non-hydrogen) atoms. The average Bonchev–Trinajstić information content (AvgIpc) is 2.55. The molecule has 6 heteroatoms. The van der Waals surface area contributed by atoms with Gasteiger partial charge < -0.3 is 10.6 Å². The van der Waals surface area contributed by atoms with Gasteiger partial charge in [-0.15, -0.1) is 0 Å². The van der Waals surface area contributed by atoms with Gasteiger partial charge in [0.25, 0.3) is 0 Å². The minimum Gasteiger partial charge on any atom is -0.370 e. The molecular formula is C8H15N3O2S. The lowest BCUT2D eigenvalue weighted by Gasteiger charge is -2.33. The maximum absolute atomic E-state index is 11.4. The Morgan fingerprint density at radius 3 is 2.86 bits per heavy atom. The van der Waals surface area contributed by atoms with Crippen LogP contribution in [0.15, 0.2) is 4.99 Å². The fourth-order valence-electron chi connectivity index (χ4n) is 2.38. The third kappa shape index (κ3) is 1.28. The Labute approximate surface area is 83.9 Å². The van der Waals surface area contributed by atoms with Crippen LogP contribution in [0.2, 0.25) is 0 Å². The van der Waals surface area contributed by atoms with E-state index in [1.54, 1.807) is 0 Å². The third-order valence-corrected chi connectivity index (χ3v) is 4.87. The summed E-state index contributed by atoms with van der Waals surface area (Å²) in [6.07, 6.45) is 0.660. The summed E-state index contributed by atoms with van der Waals surface area (Å²) < 4.78 is 22.9. The smallest absolute Gasteiger partial charge is 0.191 e. The highest BCUT2D eigenvalue weighted by Crippen LogP contribution is 2.33. The molecule has 1 fully saturated rings. The van der Waals surface area contributed by atoms with Crippen LogP contribution in [0.3, 0.4) is 0 Å². The molecule has 0 aromatic heterocycles. The zero-order valence-corrected chi connectivity index (χ0v) is 9.05. The van der Waals surface area contributed by atoms with Gasteiger partial charge in [0.2, 0.25) is 0 Å². The van der Waals surface area contributed by atoms with Gasteiger partial charge in [0.1, 0.15) is 0 Å². The molecule has 2 aliphatic heterocycles. The molecule has 5 nitrogen and oxygen atoms in total. The van der Waals surface area contributed by atoms with Gasteiger partial charge in [-0.3, -0.25) is 4.99 Å². The summed E-state index contributed by atoms with van der Waals surface area (Å²) in [7, 11) is -2.88. The lowest BCUT2D eigenvalue weighted by molar-refractivity contribution is 0.239. The predicted octanol–water partition coefficient (Wildman–Crippen LogP) is -0.806. The summed E-state index contributed by atoms with van der Waals surface area (Å²) in [5.41, 5.74) is 5.39. The van der Waals surface area contributed by atoms with Crippen molar-refractivity contribution in [2.45, 2.75) is 18.9 Å². The van der Waals surface area contributed by atoms with Crippen molar-refractivity contribution in [3.05, 3.63) is 0 Å². The first-order valence-electron chi connectivity index (χ1n) is 4.77. The van der Waals surface area contributed by atoms with E-state index in [4.69, 9.17) is 5.73 Å². The lowest BCUT2D eigenvalue weighted by atomic mass is 9.98. The van der Waals surface area contributed by atoms with Gasteiger partial charge in [-0.25, -0.2) is 8.42 Å². The zero-order valence-electron chi connectivity index (χ0n) is 8.23. The van der Waals surface area contributed by atoms with Crippen molar-refractivity contribution in [3.8, 4) is 0 Å². The van der Waals surface area contributed by atoms with E-state index in [-0.39, 0.29) is 17.0 Å². The van der Waals surface area contributed by atoms with E-state index in [9.17, 15) is 8.42 Å². The molecule has 1 atom stereocenters. The van der Waals surface area contributed by atoms with E-state index >= 15 is 0 Å². The average molecular weight is 217 g/mol. The molecule has 1 saturated heterocycles. The van der Waals surface area contributed by atoms with E-state index in [1.165, 1.54) is 0 Å². The number of hydrogen-bond donors (Lipinski definition) is 1. The van der Waals surface area contributed by atoms with Crippen LogP contribution in [0.1, 0.15) is 13.3 Å². The Morgan fingerprint density at radius 1 is 1.64 bits per heavy atom. The second-order valence-corrected chi connectivity index (χ2v) is 6.17. The van der Waals surface area contributed by atoms with Crippen molar-refractivity contribution in [3.63, 3.8) is 0 Å². The fourth-order valence-corrected chi connectivity index (χ4v) is 4.42. The Hall–Kier alpha value is -0.780. The number of nitrogens with two attached hydrogens (primary N) is 1. The minimum atomic E-state index is -2.88. The molecule has 0 bridgehead atoms. The van der Waals surface area contributed by atoms with Crippen molar-refractivity contribution in [2.75, 3.05) is 24.6 Å². The Morgan fingerprint density at radius 2 is 2.36 bits per heavy atom. The van der Waals surface area contributed by atoms with Crippen molar-refractivity contribution < 1.29 is 8.42 Å². The van der Waals surface area contributed by atoms with Crippen LogP contribution in [0, 0.1) is 0 Å². The number of sulfone groups is 1. The molecule has 2 heterocycles. The second kappa shape index (κ2) is 2.85. The number of hydrogen-bond acceptors (Lipinski definition) is 5. The molecule has 0 aliphatic carbocycles. The quantitative estimate of drug-likeness (QED) is 0.623. The van der Waals surface area contributed by atoms with E-state index in [0.717, 1.165) is 6.54 Å². The largest absolute Gasteiger partial charge is 0.370 e. The van der Waals surface area contributed by atoms with Gasteiger partial charge >= 0.3 is 0 Å². The van der Waals surface area contributed by atoms with Gasteiger partial charge in [-0.2, -0.15) is 0 Å². The van der Waals surface area contributed by atoms with Crippen LogP contribution in [-0.4, -0.2) is 49.4 Å². The molecular weight excluding hydrogens is 202 g/mol. The van der Waals surface area contributed by atoms with Crippen LogP contribution in [-0.2, 0) is 9.84 Å². The van der Waals surface area contributed by atoms with Crippen molar-refractivity contribution in [1.29, 1.82) is 0 Å². The highest BCUT2D eigenvalue weighted by Gasteiger charge is 2.49. The molecule has 80 valence electrons. The van der Waals surface area contributed by atoms with Crippen LogP contribution in [0.25, 0.3) is 0 Å². The minimum absolute atomic E-state index is 0.206. The molecule has 2 N–H and O–H groups in total. The van der Waals surface area contributed by atoms with Crippen molar-refractivity contribution in [1.82, 2.24) is 4.90 Å². The molecule has 2 aliphatic rings. The fraction of sp³-hybridized carbons (Fsp3) is 0.875. The number of aliphatic imine (C=N–C) groups is 1. The summed E-state index contributed by atoms with van der Waals surface area (Å²) in [5, 5.41) is 0. The lowest BCUT2D eigenvalue weighted by Crippen LogP contribution is -2.52. The summed E-state index contributed by atoms with van der Waals surface area (Å²) in [6.45, 7) is 3.23. The van der Waals surface area contributed by atoms with Crippen LogP contribution >= 0.6 is 0 Å². The first-order valence-corrected chi connectivity index (χ1v) is 6.59. The molecule has 0 saturated carbocycles. The first-order chi connectivity index (χ1) is 6.49. The molecule has 1 unspecified atom stereocenters. The SMILES string of the molecule is CCN1C(N)=NCC12CCS(=O)(=O)C2. The van der Waals surface area contributed by atoms with E-state index < -0.39 is 9.84 Å². The normalized spacial score (nSPS) is 35.2. The Kier molecular flexibility index (Phi) is 1.99. The molecule has 0 aromatic carbocycles. The first kappa shape index (κ1) is 9.76. The van der Waals surface area contributed by atoms with E-state index in [2.05, 4.69) is 4.99 Å². The maximum Gasteiger partial charge on any atom is 0.191 e. The van der Waals surface area contributed by atoms with Crippen LogP contribution in [0.5, 0.6) is 0 Å². The van der Waals surface area contributed by atoms with Crippen LogP contribution in [0.4, 0.5) is 0 Å². The molecule has 0 aromatic rings. The van der Waals surface area contributed by atoms with Crippen molar-refractivity contribution >= 4 is 15.8 Å². The van der Waals surface area contributed by atoms with Gasteiger partial charge in [0, 0.05) is 6.54 Å². The predicted molar refractivity (Wildman–Crippen MR) is 54.9 cm³/mol.